The molecule has 0 radical (unpaired) electrons. The highest BCUT2D eigenvalue weighted by atomic mass is 31.2. The summed E-state index contributed by atoms with van der Waals surface area (Å²) in [6.07, 6.45) is 116. The van der Waals surface area contributed by atoms with Crippen molar-refractivity contribution in [1.29, 1.82) is 0 Å². The number of phosphoric acid groups is 1. The Morgan fingerprint density at radius 3 is 0.845 bits per heavy atom. The van der Waals surface area contributed by atoms with Gasteiger partial charge in [0.1, 0.15) is 6.61 Å². The van der Waals surface area contributed by atoms with E-state index in [9.17, 15) is 19.0 Å². The summed E-state index contributed by atoms with van der Waals surface area (Å²) < 4.78 is 33.3. The molecule has 0 heterocycles. The number of phosphoric ester groups is 1. The molecule has 0 aliphatic rings. The van der Waals surface area contributed by atoms with E-state index in [1.54, 1.807) is 0 Å². The molecule has 0 spiro atoms. The highest BCUT2D eigenvalue weighted by Gasteiger charge is 2.26. The van der Waals surface area contributed by atoms with Gasteiger partial charge in [0, 0.05) is 19.4 Å². The van der Waals surface area contributed by atoms with E-state index < -0.39 is 26.5 Å². The summed E-state index contributed by atoms with van der Waals surface area (Å²) in [5.74, 6) is -0.824. The maximum Gasteiger partial charge on any atom is 0.472 e. The first-order valence-corrected chi connectivity index (χ1v) is 42.2. The van der Waals surface area contributed by atoms with Crippen molar-refractivity contribution in [3.8, 4) is 0 Å². The average molecular weight is 1370 g/mol. The molecule has 0 aliphatic carbocycles. The third-order valence-electron chi connectivity index (χ3n) is 17.5. The number of hydrogen-bond donors (Lipinski definition) is 2. The van der Waals surface area contributed by atoms with Crippen LogP contribution < -0.4 is 5.73 Å². The minimum Gasteiger partial charge on any atom is -0.462 e. The molecule has 558 valence electrons. The molecular weight excluding hydrogens is 1220 g/mol. The van der Waals surface area contributed by atoms with Crippen molar-refractivity contribution in [2.45, 2.75) is 380 Å². The maximum atomic E-state index is 12.8. The highest BCUT2D eigenvalue weighted by molar-refractivity contribution is 7.47. The Balaban J connectivity index is 3.82. The minimum atomic E-state index is -4.40. The van der Waals surface area contributed by atoms with Gasteiger partial charge in [-0.25, -0.2) is 4.57 Å². The quantitative estimate of drug-likeness (QED) is 0.0264. The van der Waals surface area contributed by atoms with Crippen molar-refractivity contribution < 1.29 is 37.6 Å². The molecule has 2 unspecified atom stereocenters. The van der Waals surface area contributed by atoms with E-state index in [1.807, 2.05) is 0 Å². The highest BCUT2D eigenvalue weighted by Crippen LogP contribution is 2.43. The molecule has 0 aliphatic heterocycles. The van der Waals surface area contributed by atoms with Gasteiger partial charge in [-0.2, -0.15) is 0 Å². The zero-order chi connectivity index (χ0) is 70.0. The maximum absolute atomic E-state index is 12.8. The van der Waals surface area contributed by atoms with Crippen molar-refractivity contribution in [3.63, 3.8) is 0 Å². The fourth-order valence-corrected chi connectivity index (χ4v) is 12.3. The Labute approximate surface area is 599 Å². The monoisotopic (exact) mass is 1370 g/mol. The molecule has 0 saturated heterocycles. The zero-order valence-electron chi connectivity index (χ0n) is 63.0. The van der Waals surface area contributed by atoms with Crippen LogP contribution in [-0.2, 0) is 32.7 Å². The molecule has 97 heavy (non-hydrogen) atoms. The number of carbonyl (C=O) groups is 2. The largest absolute Gasteiger partial charge is 0.472 e. The van der Waals surface area contributed by atoms with Gasteiger partial charge in [-0.3, -0.25) is 18.6 Å². The third-order valence-corrected chi connectivity index (χ3v) is 18.5. The Morgan fingerprint density at radius 2 is 0.567 bits per heavy atom. The zero-order valence-corrected chi connectivity index (χ0v) is 63.9. The third kappa shape index (κ3) is 81.0. The van der Waals surface area contributed by atoms with E-state index in [-0.39, 0.29) is 38.6 Å². The van der Waals surface area contributed by atoms with E-state index in [2.05, 4.69) is 148 Å². The summed E-state index contributed by atoms with van der Waals surface area (Å²) in [4.78, 5) is 35.5. The van der Waals surface area contributed by atoms with Crippen LogP contribution in [-0.4, -0.2) is 49.3 Å². The van der Waals surface area contributed by atoms with Crippen LogP contribution >= 0.6 is 7.82 Å². The van der Waals surface area contributed by atoms with Gasteiger partial charge in [0.05, 0.1) is 13.2 Å². The van der Waals surface area contributed by atoms with Crippen molar-refractivity contribution in [3.05, 3.63) is 134 Å². The lowest BCUT2D eigenvalue weighted by Crippen LogP contribution is -2.29. The van der Waals surface area contributed by atoms with Gasteiger partial charge in [0.15, 0.2) is 6.10 Å². The lowest BCUT2D eigenvalue weighted by molar-refractivity contribution is -0.161. The van der Waals surface area contributed by atoms with Gasteiger partial charge < -0.3 is 20.1 Å². The predicted molar refractivity (Wildman–Crippen MR) is 422 cm³/mol. The van der Waals surface area contributed by atoms with Gasteiger partial charge in [-0.1, -0.05) is 379 Å². The molecule has 0 amide bonds. The number of allylic oxidation sites excluding steroid dienone is 22. The summed E-state index contributed by atoms with van der Waals surface area (Å²) in [5, 5.41) is 0. The molecule has 3 N–H and O–H groups in total. The SMILES string of the molecule is CC/C=C\C/C=C\C/C=C\C/C=C\C/C=C\C/C=C\C/C=C\C/C=C\CCCCCCCCCCCCC(=O)OC(COC(=O)CCCCCCCCCCCCCCCCCCCCCCCCCCCC/C=C\C/C=C\C/C=C\CCCCCCC)COP(=O)(O)OCCN. The van der Waals surface area contributed by atoms with Gasteiger partial charge in [-0.15, -0.1) is 0 Å². The number of esters is 2. The number of unbranched alkanes of at least 4 members (excludes halogenated alkanes) is 41. The molecule has 0 fully saturated rings. The van der Waals surface area contributed by atoms with Crippen LogP contribution in [0.25, 0.3) is 0 Å². The van der Waals surface area contributed by atoms with Crippen molar-refractivity contribution in [2.24, 2.45) is 5.73 Å². The fourth-order valence-electron chi connectivity index (χ4n) is 11.5. The summed E-state index contributed by atoms with van der Waals surface area (Å²) in [6.45, 7) is 3.65. The van der Waals surface area contributed by atoms with Crippen molar-refractivity contribution in [1.82, 2.24) is 0 Å². The summed E-state index contributed by atoms with van der Waals surface area (Å²) in [7, 11) is -4.40. The average Bonchev–Trinajstić information content (AvgIpc) is 2.69. The van der Waals surface area contributed by atoms with Gasteiger partial charge >= 0.3 is 19.8 Å². The van der Waals surface area contributed by atoms with Gasteiger partial charge in [-0.05, 0) is 116 Å². The smallest absolute Gasteiger partial charge is 0.462 e. The molecule has 0 rings (SSSR count). The second-order valence-electron chi connectivity index (χ2n) is 26.9. The second-order valence-corrected chi connectivity index (χ2v) is 28.4. The lowest BCUT2D eigenvalue weighted by Gasteiger charge is -2.19. The van der Waals surface area contributed by atoms with Crippen LogP contribution in [0, 0.1) is 0 Å². The topological polar surface area (TPSA) is 134 Å². The Morgan fingerprint density at radius 1 is 0.320 bits per heavy atom. The van der Waals surface area contributed by atoms with E-state index in [4.69, 9.17) is 24.3 Å². The molecule has 9 nitrogen and oxygen atoms in total. The molecule has 0 aromatic heterocycles. The molecule has 0 saturated carbocycles. The Bertz CT molecular complexity index is 2060. The number of nitrogens with two attached hydrogens (primary N) is 1. The predicted octanol–water partition coefficient (Wildman–Crippen LogP) is 27.5. The van der Waals surface area contributed by atoms with E-state index >= 15 is 0 Å². The van der Waals surface area contributed by atoms with E-state index in [0.717, 1.165) is 109 Å². The lowest BCUT2D eigenvalue weighted by atomic mass is 10.0. The minimum absolute atomic E-state index is 0.0489. The van der Waals surface area contributed by atoms with Gasteiger partial charge in [0.2, 0.25) is 0 Å². The number of rotatable bonds is 76. The normalized spacial score (nSPS) is 13.6. The Kier molecular flexibility index (Phi) is 77.9. The molecule has 10 heteroatoms. The molecular formula is C87H152NO8P. The van der Waals surface area contributed by atoms with Crippen molar-refractivity contribution >= 4 is 19.8 Å². The summed E-state index contributed by atoms with van der Waals surface area (Å²) >= 11 is 0. The van der Waals surface area contributed by atoms with Gasteiger partial charge in [0.25, 0.3) is 0 Å². The fraction of sp³-hybridized carbons (Fsp3) is 0.724. The van der Waals surface area contributed by atoms with Crippen LogP contribution in [0.2, 0.25) is 0 Å². The standard InChI is InChI=1S/C87H152NO8P/c1-3-5-7-9-11-13-15-17-19-21-23-25-27-29-31-33-35-37-39-40-41-42-43-44-46-47-49-51-53-55-57-59-61-63-65-67-69-71-73-75-77-79-86(89)93-83-85(84-95-97(91,92)94-82-81-88)96-87(90)80-78-76-74-72-70-68-66-64-62-60-58-56-54-52-50-48-45-38-36-34-32-30-28-26-24-22-20-18-16-14-12-10-8-6-4-2/h6,8,12,14-15,17-18,20-21,23-24,26-27,29-30,32,36,38,48,50,54,56,85H,3-5,7,9-11,13,16,19,22,25,28,31,33-35,37,39-47,49,51-53,55,57-84,88H2,1-2H3,(H,91,92)/b8-6-,14-12-,17-15-,20-18-,23-21-,26-24-,29-27-,32-30-,38-36-,50-48-,56-54-. The number of carbonyl (C=O) groups excluding carboxylic acids is 2. The first-order valence-electron chi connectivity index (χ1n) is 40.7. The summed E-state index contributed by atoms with van der Waals surface area (Å²) in [5.41, 5.74) is 5.42. The first kappa shape index (κ1) is 93.2. The molecule has 0 aromatic carbocycles. The van der Waals surface area contributed by atoms with Crippen LogP contribution in [0.15, 0.2) is 134 Å². The Hall–Kier alpha value is -3.85. The number of hydrogen-bond acceptors (Lipinski definition) is 8. The van der Waals surface area contributed by atoms with Crippen LogP contribution in [0.3, 0.4) is 0 Å². The molecule has 0 bridgehead atoms. The molecule has 0 aromatic rings. The van der Waals surface area contributed by atoms with Crippen molar-refractivity contribution in [2.75, 3.05) is 26.4 Å². The first-order chi connectivity index (χ1) is 47.8. The molecule has 2 atom stereocenters. The van der Waals surface area contributed by atoms with E-state index in [0.29, 0.717) is 6.42 Å². The van der Waals surface area contributed by atoms with Crippen LogP contribution in [0.5, 0.6) is 0 Å². The van der Waals surface area contributed by atoms with Crippen LogP contribution in [0.1, 0.15) is 373 Å². The second kappa shape index (κ2) is 81.1. The number of ether oxygens (including phenoxy) is 2. The summed E-state index contributed by atoms with van der Waals surface area (Å²) in [6, 6.07) is 0. The van der Waals surface area contributed by atoms with Crippen LogP contribution in [0.4, 0.5) is 0 Å². The van der Waals surface area contributed by atoms with E-state index in [1.165, 1.54) is 231 Å².